The molecule has 1 fully saturated rings. The molecule has 2 aliphatic heterocycles. The smallest absolute Gasteiger partial charge is 0.117 e. The highest BCUT2D eigenvalue weighted by Gasteiger charge is 2.33. The van der Waals surface area contributed by atoms with E-state index in [1.165, 1.54) is 12.0 Å². The number of anilines is 1. The lowest BCUT2D eigenvalue weighted by Crippen LogP contribution is -2.40. The Kier molecular flexibility index (Phi) is 1.67. The Bertz CT molecular complexity index is 364. The number of piperidine rings is 1. The molecule has 0 aliphatic carbocycles. The van der Waals surface area contributed by atoms with E-state index in [1.807, 2.05) is 12.1 Å². The standard InChI is InChI=1S/C11H14N2O/c14-7-1-2-8-9-3-4-12-6-11(9)13-10(8)5-7/h1-2,5,9,11-14H,3-4,6H2. The van der Waals surface area contributed by atoms with Crippen molar-refractivity contribution in [1.82, 2.24) is 5.32 Å². The zero-order valence-corrected chi connectivity index (χ0v) is 7.96. The van der Waals surface area contributed by atoms with E-state index in [0.717, 1.165) is 18.8 Å². The van der Waals surface area contributed by atoms with Gasteiger partial charge in [0.05, 0.1) is 0 Å². The van der Waals surface area contributed by atoms with Gasteiger partial charge in [0, 0.05) is 30.3 Å². The van der Waals surface area contributed by atoms with Crippen LogP contribution < -0.4 is 10.6 Å². The van der Waals surface area contributed by atoms with E-state index in [9.17, 15) is 5.11 Å². The molecule has 2 aliphatic rings. The van der Waals surface area contributed by atoms with Crippen LogP contribution in [0, 0.1) is 0 Å². The topological polar surface area (TPSA) is 44.3 Å². The van der Waals surface area contributed by atoms with Gasteiger partial charge < -0.3 is 15.7 Å². The fourth-order valence-electron chi connectivity index (χ4n) is 2.57. The SMILES string of the molecule is Oc1ccc2c(c1)NC1CNCCC21. The van der Waals surface area contributed by atoms with Crippen LogP contribution in [-0.2, 0) is 0 Å². The van der Waals surface area contributed by atoms with Crippen molar-refractivity contribution in [3.63, 3.8) is 0 Å². The lowest BCUT2D eigenvalue weighted by atomic mass is 9.89. The maximum atomic E-state index is 9.37. The number of hydrogen-bond donors (Lipinski definition) is 3. The van der Waals surface area contributed by atoms with Crippen LogP contribution in [0.5, 0.6) is 5.75 Å². The highest BCUT2D eigenvalue weighted by atomic mass is 16.3. The minimum absolute atomic E-state index is 0.350. The van der Waals surface area contributed by atoms with Crippen molar-refractivity contribution in [2.24, 2.45) is 0 Å². The van der Waals surface area contributed by atoms with Crippen LogP contribution in [0.3, 0.4) is 0 Å². The largest absolute Gasteiger partial charge is 0.508 e. The molecule has 1 aromatic rings. The lowest BCUT2D eigenvalue weighted by Gasteiger charge is -2.26. The molecule has 3 N–H and O–H groups in total. The first-order chi connectivity index (χ1) is 6.84. The third-order valence-corrected chi connectivity index (χ3v) is 3.26. The summed E-state index contributed by atoms with van der Waals surface area (Å²) < 4.78 is 0. The number of fused-ring (bicyclic) bond motifs is 3. The second kappa shape index (κ2) is 2.89. The summed E-state index contributed by atoms with van der Waals surface area (Å²) in [5.41, 5.74) is 2.48. The predicted molar refractivity (Wildman–Crippen MR) is 55.7 cm³/mol. The molecule has 74 valence electrons. The molecule has 1 saturated heterocycles. The van der Waals surface area contributed by atoms with Crippen molar-refractivity contribution in [3.05, 3.63) is 23.8 Å². The van der Waals surface area contributed by atoms with Gasteiger partial charge in [0.15, 0.2) is 0 Å². The van der Waals surface area contributed by atoms with Gasteiger partial charge in [-0.2, -0.15) is 0 Å². The summed E-state index contributed by atoms with van der Waals surface area (Å²) >= 11 is 0. The quantitative estimate of drug-likeness (QED) is 0.577. The van der Waals surface area contributed by atoms with Gasteiger partial charge in [0.2, 0.25) is 0 Å². The van der Waals surface area contributed by atoms with E-state index in [0.29, 0.717) is 17.7 Å². The number of hydrogen-bond acceptors (Lipinski definition) is 3. The van der Waals surface area contributed by atoms with Gasteiger partial charge in [0.1, 0.15) is 5.75 Å². The van der Waals surface area contributed by atoms with Gasteiger partial charge in [0.25, 0.3) is 0 Å². The Hall–Kier alpha value is -1.22. The highest BCUT2D eigenvalue weighted by molar-refractivity contribution is 5.62. The van der Waals surface area contributed by atoms with Crippen molar-refractivity contribution >= 4 is 5.69 Å². The van der Waals surface area contributed by atoms with Crippen LogP contribution in [0.1, 0.15) is 17.9 Å². The molecule has 14 heavy (non-hydrogen) atoms. The zero-order valence-electron chi connectivity index (χ0n) is 7.96. The van der Waals surface area contributed by atoms with Crippen molar-refractivity contribution in [1.29, 1.82) is 0 Å². The summed E-state index contributed by atoms with van der Waals surface area (Å²) in [6.07, 6.45) is 1.19. The van der Waals surface area contributed by atoms with Crippen LogP contribution in [0.25, 0.3) is 0 Å². The molecule has 0 spiro atoms. The van der Waals surface area contributed by atoms with Gasteiger partial charge >= 0.3 is 0 Å². The van der Waals surface area contributed by atoms with Gasteiger partial charge in [-0.25, -0.2) is 0 Å². The second-order valence-corrected chi connectivity index (χ2v) is 4.12. The maximum absolute atomic E-state index is 9.37. The van der Waals surface area contributed by atoms with E-state index < -0.39 is 0 Å². The molecular formula is C11H14N2O. The summed E-state index contributed by atoms with van der Waals surface area (Å²) in [6.45, 7) is 2.13. The minimum Gasteiger partial charge on any atom is -0.508 e. The Morgan fingerprint density at radius 1 is 1.36 bits per heavy atom. The Balaban J connectivity index is 2.01. The van der Waals surface area contributed by atoms with Gasteiger partial charge in [-0.15, -0.1) is 0 Å². The summed E-state index contributed by atoms with van der Waals surface area (Å²) in [7, 11) is 0. The van der Waals surface area contributed by atoms with Crippen LogP contribution in [0.15, 0.2) is 18.2 Å². The summed E-state index contributed by atoms with van der Waals surface area (Å²) in [5.74, 6) is 0.981. The molecule has 3 heteroatoms. The fraction of sp³-hybridized carbons (Fsp3) is 0.455. The molecule has 0 bridgehead atoms. The number of phenolic OH excluding ortho intramolecular Hbond substituents is 1. The number of aromatic hydroxyl groups is 1. The third kappa shape index (κ3) is 1.09. The number of phenols is 1. The monoisotopic (exact) mass is 190 g/mol. The van der Waals surface area contributed by atoms with Crippen molar-refractivity contribution in [2.45, 2.75) is 18.4 Å². The lowest BCUT2D eigenvalue weighted by molar-refractivity contribution is 0.439. The van der Waals surface area contributed by atoms with Crippen molar-refractivity contribution in [2.75, 3.05) is 18.4 Å². The molecule has 0 amide bonds. The predicted octanol–water partition coefficient (Wildman–Crippen LogP) is 1.26. The third-order valence-electron chi connectivity index (χ3n) is 3.26. The van der Waals surface area contributed by atoms with Crippen LogP contribution in [0.4, 0.5) is 5.69 Å². The van der Waals surface area contributed by atoms with Crippen molar-refractivity contribution in [3.8, 4) is 5.75 Å². The highest BCUT2D eigenvalue weighted by Crippen LogP contribution is 2.40. The average molecular weight is 190 g/mol. The summed E-state index contributed by atoms with van der Waals surface area (Å²) in [6, 6.07) is 6.17. The molecular weight excluding hydrogens is 176 g/mol. The van der Waals surface area contributed by atoms with E-state index >= 15 is 0 Å². The molecule has 1 aromatic carbocycles. The molecule has 2 heterocycles. The molecule has 3 rings (SSSR count). The summed E-state index contributed by atoms with van der Waals surface area (Å²) in [5, 5.41) is 16.2. The van der Waals surface area contributed by atoms with Gasteiger partial charge in [-0.05, 0) is 24.6 Å². The minimum atomic E-state index is 0.350. The Morgan fingerprint density at radius 3 is 3.21 bits per heavy atom. The Morgan fingerprint density at radius 2 is 2.29 bits per heavy atom. The van der Waals surface area contributed by atoms with E-state index in [-0.39, 0.29) is 0 Å². The summed E-state index contributed by atoms with van der Waals surface area (Å²) in [4.78, 5) is 0. The maximum Gasteiger partial charge on any atom is 0.117 e. The van der Waals surface area contributed by atoms with E-state index in [1.54, 1.807) is 6.07 Å². The molecule has 2 atom stereocenters. The zero-order chi connectivity index (χ0) is 9.54. The van der Waals surface area contributed by atoms with E-state index in [2.05, 4.69) is 10.6 Å². The van der Waals surface area contributed by atoms with Crippen LogP contribution >= 0.6 is 0 Å². The second-order valence-electron chi connectivity index (χ2n) is 4.12. The number of nitrogens with one attached hydrogen (secondary N) is 2. The molecule has 2 unspecified atom stereocenters. The van der Waals surface area contributed by atoms with E-state index in [4.69, 9.17) is 0 Å². The molecule has 0 radical (unpaired) electrons. The molecule has 3 nitrogen and oxygen atoms in total. The molecule has 0 aromatic heterocycles. The van der Waals surface area contributed by atoms with Crippen LogP contribution in [-0.4, -0.2) is 24.2 Å². The first-order valence-corrected chi connectivity index (χ1v) is 5.15. The van der Waals surface area contributed by atoms with Crippen molar-refractivity contribution < 1.29 is 5.11 Å². The first-order valence-electron chi connectivity index (χ1n) is 5.15. The van der Waals surface area contributed by atoms with Gasteiger partial charge in [-0.1, -0.05) is 6.07 Å². The van der Waals surface area contributed by atoms with Crippen LogP contribution in [0.2, 0.25) is 0 Å². The first kappa shape index (κ1) is 8.12. The molecule has 0 saturated carbocycles. The van der Waals surface area contributed by atoms with Gasteiger partial charge in [-0.3, -0.25) is 0 Å². The normalized spacial score (nSPS) is 29.1. The average Bonchev–Trinajstić information content (AvgIpc) is 2.54. The number of rotatable bonds is 0. The Labute approximate surface area is 83.1 Å². The fourth-order valence-corrected chi connectivity index (χ4v) is 2.57. The number of benzene rings is 1.